The first-order valence-corrected chi connectivity index (χ1v) is 6.59. The molecule has 0 atom stereocenters. The Hall–Kier alpha value is -1.62. The molecule has 1 aromatic carbocycles. The number of halogens is 1. The molecule has 0 radical (unpaired) electrons. The van der Waals surface area contributed by atoms with Crippen molar-refractivity contribution in [1.29, 1.82) is 0 Å². The molecule has 19 heavy (non-hydrogen) atoms. The second-order valence-electron chi connectivity index (χ2n) is 4.84. The Morgan fingerprint density at radius 3 is 2.79 bits per heavy atom. The Balaban J connectivity index is 1.82. The highest BCUT2D eigenvalue weighted by Crippen LogP contribution is 2.19. The second kappa shape index (κ2) is 6.52. The molecule has 1 saturated heterocycles. The summed E-state index contributed by atoms with van der Waals surface area (Å²) >= 11 is 0. The first kappa shape index (κ1) is 13.8. The highest BCUT2D eigenvalue weighted by molar-refractivity contribution is 5.93. The average Bonchev–Trinajstić information content (AvgIpc) is 2.39. The minimum absolute atomic E-state index is 0.106. The van der Waals surface area contributed by atoms with E-state index in [1.54, 1.807) is 6.07 Å². The van der Waals surface area contributed by atoms with Gasteiger partial charge in [-0.05, 0) is 50.4 Å². The fourth-order valence-corrected chi connectivity index (χ4v) is 2.30. The topological polar surface area (TPSA) is 64.4 Å². The van der Waals surface area contributed by atoms with Crippen LogP contribution in [0.1, 0.15) is 29.6 Å². The molecule has 0 bridgehead atoms. The van der Waals surface area contributed by atoms with E-state index >= 15 is 0 Å². The molecule has 3 N–H and O–H groups in total. The molecule has 0 unspecified atom stereocenters. The molecule has 1 aliphatic heterocycles. The Kier molecular flexibility index (Phi) is 4.74. The summed E-state index contributed by atoms with van der Waals surface area (Å²) < 4.78 is 19.0. The first-order chi connectivity index (χ1) is 9.16. The lowest BCUT2D eigenvalue weighted by Crippen LogP contribution is -2.28. The number of ether oxygens (including phenoxy) is 1. The predicted molar refractivity (Wildman–Crippen MR) is 70.6 cm³/mol. The smallest absolute Gasteiger partial charge is 0.251 e. The van der Waals surface area contributed by atoms with Gasteiger partial charge in [0, 0.05) is 6.07 Å². The van der Waals surface area contributed by atoms with E-state index in [1.807, 2.05) is 0 Å². The fraction of sp³-hybridized carbons (Fsp3) is 0.500. The molecular weight excluding hydrogens is 247 g/mol. The van der Waals surface area contributed by atoms with Crippen molar-refractivity contribution in [3.05, 3.63) is 29.6 Å². The van der Waals surface area contributed by atoms with Crippen molar-refractivity contribution in [3.63, 3.8) is 0 Å². The van der Waals surface area contributed by atoms with Crippen LogP contribution in [0.15, 0.2) is 18.2 Å². The molecule has 1 aromatic rings. The lowest BCUT2D eigenvalue weighted by molar-refractivity contribution is 0.0996. The first-order valence-electron chi connectivity index (χ1n) is 6.59. The van der Waals surface area contributed by atoms with Crippen LogP contribution < -0.4 is 15.8 Å². The van der Waals surface area contributed by atoms with Crippen LogP contribution in [0.2, 0.25) is 0 Å². The van der Waals surface area contributed by atoms with Gasteiger partial charge in [0.05, 0.1) is 12.2 Å². The predicted octanol–water partition coefficient (Wildman–Crippen LogP) is 1.69. The van der Waals surface area contributed by atoms with E-state index in [-0.39, 0.29) is 5.56 Å². The number of primary amides is 1. The molecule has 1 heterocycles. The van der Waals surface area contributed by atoms with E-state index in [2.05, 4.69) is 5.32 Å². The molecule has 2 rings (SSSR count). The Morgan fingerprint density at radius 1 is 1.42 bits per heavy atom. The number of piperidine rings is 1. The molecule has 4 nitrogen and oxygen atoms in total. The second-order valence-corrected chi connectivity index (χ2v) is 4.84. The minimum Gasteiger partial charge on any atom is -0.493 e. The maximum atomic E-state index is 13.5. The van der Waals surface area contributed by atoms with E-state index in [0.29, 0.717) is 18.3 Å². The van der Waals surface area contributed by atoms with Crippen molar-refractivity contribution in [2.75, 3.05) is 19.7 Å². The van der Waals surface area contributed by atoms with Gasteiger partial charge < -0.3 is 15.8 Å². The van der Waals surface area contributed by atoms with Gasteiger partial charge in [0.25, 0.3) is 5.91 Å². The van der Waals surface area contributed by atoms with Crippen LogP contribution in [0, 0.1) is 11.7 Å². The van der Waals surface area contributed by atoms with Crippen LogP contribution in [-0.4, -0.2) is 25.6 Å². The standard InChI is InChI=1S/C14H19FN2O2/c15-13-9-11(1-2-12(13)14(16)18)19-8-5-10-3-6-17-7-4-10/h1-2,9-10,17H,3-8H2,(H2,16,18). The monoisotopic (exact) mass is 266 g/mol. The summed E-state index contributed by atoms with van der Waals surface area (Å²) in [6.07, 6.45) is 3.30. The molecule has 0 saturated carbocycles. The van der Waals surface area contributed by atoms with Crippen LogP contribution in [0.25, 0.3) is 0 Å². The maximum absolute atomic E-state index is 13.5. The summed E-state index contributed by atoms with van der Waals surface area (Å²) in [5, 5.41) is 3.31. The van der Waals surface area contributed by atoms with Crippen LogP contribution in [0.5, 0.6) is 5.75 Å². The van der Waals surface area contributed by atoms with Crippen LogP contribution in [0.4, 0.5) is 4.39 Å². The SMILES string of the molecule is NC(=O)c1ccc(OCCC2CCNCC2)cc1F. The average molecular weight is 266 g/mol. The zero-order chi connectivity index (χ0) is 13.7. The number of nitrogens with one attached hydrogen (secondary N) is 1. The number of amides is 1. The highest BCUT2D eigenvalue weighted by Gasteiger charge is 2.13. The van der Waals surface area contributed by atoms with Crippen molar-refractivity contribution in [2.45, 2.75) is 19.3 Å². The van der Waals surface area contributed by atoms with E-state index in [0.717, 1.165) is 19.5 Å². The summed E-state index contributed by atoms with van der Waals surface area (Å²) in [6, 6.07) is 4.14. The number of rotatable bonds is 5. The van der Waals surface area contributed by atoms with Gasteiger partial charge in [-0.25, -0.2) is 4.39 Å². The third-order valence-electron chi connectivity index (χ3n) is 3.46. The van der Waals surface area contributed by atoms with Crippen LogP contribution in [-0.2, 0) is 0 Å². The van der Waals surface area contributed by atoms with Gasteiger partial charge in [0.15, 0.2) is 0 Å². The zero-order valence-electron chi connectivity index (χ0n) is 10.8. The molecule has 0 aromatic heterocycles. The number of carbonyl (C=O) groups excluding carboxylic acids is 1. The third kappa shape index (κ3) is 3.92. The number of hydrogen-bond acceptors (Lipinski definition) is 3. The van der Waals surface area contributed by atoms with Crippen molar-refractivity contribution < 1.29 is 13.9 Å². The van der Waals surface area contributed by atoms with Gasteiger partial charge in [-0.15, -0.1) is 0 Å². The van der Waals surface area contributed by atoms with Gasteiger partial charge in [-0.1, -0.05) is 0 Å². The van der Waals surface area contributed by atoms with Gasteiger partial charge in [-0.3, -0.25) is 4.79 Å². The van der Waals surface area contributed by atoms with Crippen molar-refractivity contribution in [2.24, 2.45) is 11.7 Å². The molecule has 0 spiro atoms. The van der Waals surface area contributed by atoms with Gasteiger partial charge in [-0.2, -0.15) is 0 Å². The molecular formula is C14H19FN2O2. The van der Waals surface area contributed by atoms with Crippen molar-refractivity contribution in [3.8, 4) is 5.75 Å². The Morgan fingerprint density at radius 2 is 2.16 bits per heavy atom. The number of nitrogens with two attached hydrogens (primary N) is 1. The van der Waals surface area contributed by atoms with Gasteiger partial charge in [0.2, 0.25) is 0 Å². The lowest BCUT2D eigenvalue weighted by Gasteiger charge is -2.22. The van der Waals surface area contributed by atoms with E-state index in [9.17, 15) is 9.18 Å². The number of carbonyl (C=O) groups is 1. The quantitative estimate of drug-likeness (QED) is 0.852. The summed E-state index contributed by atoms with van der Waals surface area (Å²) in [6.45, 7) is 2.69. The lowest BCUT2D eigenvalue weighted by atomic mass is 9.95. The number of benzene rings is 1. The van der Waals surface area contributed by atoms with E-state index in [4.69, 9.17) is 10.5 Å². The Labute approximate surface area is 112 Å². The van der Waals surface area contributed by atoms with Crippen molar-refractivity contribution >= 4 is 5.91 Å². The molecule has 1 amide bonds. The summed E-state index contributed by atoms with van der Waals surface area (Å²) in [4.78, 5) is 10.9. The fourth-order valence-electron chi connectivity index (χ4n) is 2.30. The zero-order valence-corrected chi connectivity index (χ0v) is 10.8. The van der Waals surface area contributed by atoms with Gasteiger partial charge in [0.1, 0.15) is 11.6 Å². The molecule has 1 aliphatic rings. The molecule has 5 heteroatoms. The normalized spacial score (nSPS) is 16.3. The largest absolute Gasteiger partial charge is 0.493 e. The number of hydrogen-bond donors (Lipinski definition) is 2. The van der Waals surface area contributed by atoms with Crippen LogP contribution in [0.3, 0.4) is 0 Å². The minimum atomic E-state index is -0.765. The van der Waals surface area contributed by atoms with Gasteiger partial charge >= 0.3 is 0 Å². The Bertz CT molecular complexity index is 445. The summed E-state index contributed by atoms with van der Waals surface area (Å²) in [5.74, 6) is -0.280. The van der Waals surface area contributed by atoms with E-state index in [1.165, 1.54) is 25.0 Å². The summed E-state index contributed by atoms with van der Waals surface area (Å²) in [5.41, 5.74) is 4.93. The molecule has 1 fully saturated rings. The molecule has 0 aliphatic carbocycles. The molecule has 104 valence electrons. The maximum Gasteiger partial charge on any atom is 0.251 e. The van der Waals surface area contributed by atoms with E-state index < -0.39 is 11.7 Å². The third-order valence-corrected chi connectivity index (χ3v) is 3.46. The summed E-state index contributed by atoms with van der Waals surface area (Å²) in [7, 11) is 0. The van der Waals surface area contributed by atoms with Crippen LogP contribution >= 0.6 is 0 Å². The van der Waals surface area contributed by atoms with Crippen molar-refractivity contribution in [1.82, 2.24) is 5.32 Å². The highest BCUT2D eigenvalue weighted by atomic mass is 19.1.